The molecule has 0 aliphatic carbocycles. The van der Waals surface area contributed by atoms with E-state index in [0.29, 0.717) is 6.42 Å². The van der Waals surface area contributed by atoms with Crippen molar-refractivity contribution < 1.29 is 13.0 Å². The van der Waals surface area contributed by atoms with Gasteiger partial charge in [0.2, 0.25) is 0 Å². The molecule has 0 aliphatic rings. The predicted octanol–water partition coefficient (Wildman–Crippen LogP) is 3.05. The minimum absolute atomic E-state index is 0. The molecular formula is C10H25NO3S. The van der Waals surface area contributed by atoms with Crippen LogP contribution in [-0.2, 0) is 10.1 Å². The fourth-order valence-corrected chi connectivity index (χ4v) is 1.97. The standard InChI is InChI=1S/C10H22O3S.H3N/c1-2-3-4-5-6-7-8-9-10-14(11,12)13;/h2-10H2,1H3,(H,11,12,13);1H3. The van der Waals surface area contributed by atoms with Crippen LogP contribution in [0.5, 0.6) is 0 Å². The van der Waals surface area contributed by atoms with Gasteiger partial charge in [-0.1, -0.05) is 51.9 Å². The maximum atomic E-state index is 10.2. The topological polar surface area (TPSA) is 93.7 Å². The van der Waals surface area contributed by atoms with Crippen LogP contribution in [0.4, 0.5) is 0 Å². The van der Waals surface area contributed by atoms with Crippen LogP contribution in [-0.4, -0.2) is 18.7 Å². The minimum atomic E-state index is -3.98. The molecule has 0 saturated heterocycles. The largest absolute Gasteiger partial charge is 0.748 e. The molecule has 0 rings (SSSR count). The van der Waals surface area contributed by atoms with Crippen molar-refractivity contribution in [1.29, 1.82) is 0 Å². The van der Waals surface area contributed by atoms with E-state index in [4.69, 9.17) is 0 Å². The second kappa shape index (κ2) is 10.4. The van der Waals surface area contributed by atoms with Crippen LogP contribution in [0.1, 0.15) is 58.3 Å². The Morgan fingerprint density at radius 3 is 1.67 bits per heavy atom. The Morgan fingerprint density at radius 1 is 0.867 bits per heavy atom. The third-order valence-corrected chi connectivity index (χ3v) is 3.04. The number of unbranched alkanes of at least 4 members (excludes halogenated alkanes) is 7. The van der Waals surface area contributed by atoms with E-state index in [9.17, 15) is 13.0 Å². The van der Waals surface area contributed by atoms with E-state index in [2.05, 4.69) is 6.92 Å². The molecule has 15 heavy (non-hydrogen) atoms. The zero-order chi connectivity index (χ0) is 10.9. The summed E-state index contributed by atoms with van der Waals surface area (Å²) >= 11 is 0. The van der Waals surface area contributed by atoms with E-state index in [-0.39, 0.29) is 11.9 Å². The van der Waals surface area contributed by atoms with Crippen molar-refractivity contribution in [2.45, 2.75) is 58.3 Å². The normalized spacial score (nSPS) is 11.1. The van der Waals surface area contributed by atoms with Gasteiger partial charge in [-0.15, -0.1) is 0 Å². The first-order valence-corrected chi connectivity index (χ1v) is 7.07. The van der Waals surface area contributed by atoms with Crippen molar-refractivity contribution in [1.82, 2.24) is 6.15 Å². The molecule has 5 heteroatoms. The maximum absolute atomic E-state index is 10.2. The molecule has 0 bridgehead atoms. The van der Waals surface area contributed by atoms with Crippen molar-refractivity contribution in [2.75, 3.05) is 5.75 Å². The van der Waals surface area contributed by atoms with Crippen LogP contribution in [0.15, 0.2) is 0 Å². The highest BCUT2D eigenvalue weighted by molar-refractivity contribution is 7.85. The highest BCUT2D eigenvalue weighted by Crippen LogP contribution is 2.08. The monoisotopic (exact) mass is 239 g/mol. The molecule has 0 heterocycles. The average Bonchev–Trinajstić information content (AvgIpc) is 2.08. The highest BCUT2D eigenvalue weighted by Gasteiger charge is 1.95. The Morgan fingerprint density at radius 2 is 1.27 bits per heavy atom. The van der Waals surface area contributed by atoms with Crippen molar-refractivity contribution in [3.8, 4) is 0 Å². The molecule has 94 valence electrons. The molecule has 0 radical (unpaired) electrons. The van der Waals surface area contributed by atoms with Gasteiger partial charge in [-0.3, -0.25) is 0 Å². The smallest absolute Gasteiger partial charge is 0.0945 e. The zero-order valence-electron chi connectivity index (χ0n) is 10.00. The van der Waals surface area contributed by atoms with E-state index in [1.54, 1.807) is 0 Å². The highest BCUT2D eigenvalue weighted by atomic mass is 32.2. The summed E-state index contributed by atoms with van der Waals surface area (Å²) in [5.74, 6) is -0.193. The second-order valence-corrected chi connectivity index (χ2v) is 5.26. The molecule has 0 unspecified atom stereocenters. The summed E-state index contributed by atoms with van der Waals surface area (Å²) in [4.78, 5) is 0. The third kappa shape index (κ3) is 16.5. The first-order valence-electron chi connectivity index (χ1n) is 5.50. The minimum Gasteiger partial charge on any atom is -0.748 e. The van der Waals surface area contributed by atoms with Gasteiger partial charge < -0.3 is 10.7 Å². The molecule has 4 N–H and O–H groups in total. The Bertz CT molecular complexity index is 215. The van der Waals surface area contributed by atoms with Crippen LogP contribution >= 0.6 is 0 Å². The summed E-state index contributed by atoms with van der Waals surface area (Å²) in [7, 11) is -3.98. The quantitative estimate of drug-likeness (QED) is 0.495. The van der Waals surface area contributed by atoms with E-state index >= 15 is 0 Å². The summed E-state index contributed by atoms with van der Waals surface area (Å²) in [5, 5.41) is 0. The fraction of sp³-hybridized carbons (Fsp3) is 1.00. The van der Waals surface area contributed by atoms with Gasteiger partial charge in [0.1, 0.15) is 0 Å². The van der Waals surface area contributed by atoms with E-state index in [1.807, 2.05) is 0 Å². The first kappa shape index (κ1) is 17.3. The lowest BCUT2D eigenvalue weighted by atomic mass is 10.1. The van der Waals surface area contributed by atoms with Crippen LogP contribution < -0.4 is 6.15 Å². The van der Waals surface area contributed by atoms with Gasteiger partial charge in [-0.25, -0.2) is 8.42 Å². The fourth-order valence-electron chi connectivity index (χ4n) is 1.41. The lowest BCUT2D eigenvalue weighted by molar-refractivity contribution is 0.459. The van der Waals surface area contributed by atoms with Gasteiger partial charge in [0.15, 0.2) is 0 Å². The van der Waals surface area contributed by atoms with Gasteiger partial charge in [0, 0.05) is 5.75 Å². The van der Waals surface area contributed by atoms with Crippen molar-refractivity contribution in [3.05, 3.63) is 0 Å². The Kier molecular flexibility index (Phi) is 12.0. The average molecular weight is 239 g/mol. The number of quaternary nitrogens is 1. The van der Waals surface area contributed by atoms with Gasteiger partial charge >= 0.3 is 0 Å². The van der Waals surface area contributed by atoms with Crippen molar-refractivity contribution >= 4 is 10.1 Å². The molecule has 0 spiro atoms. The van der Waals surface area contributed by atoms with Gasteiger partial charge in [-0.2, -0.15) is 0 Å². The molecule has 4 nitrogen and oxygen atoms in total. The van der Waals surface area contributed by atoms with E-state index in [0.717, 1.165) is 12.8 Å². The Hall–Kier alpha value is -0.130. The first-order chi connectivity index (χ1) is 6.56. The number of hydrogen-bond acceptors (Lipinski definition) is 3. The molecule has 0 amide bonds. The molecule has 0 aromatic rings. The predicted molar refractivity (Wildman–Crippen MR) is 63.2 cm³/mol. The molecular weight excluding hydrogens is 214 g/mol. The SMILES string of the molecule is CCCCCCCCCCS(=O)(=O)[O-].[NH4+]. The lowest BCUT2D eigenvalue weighted by Gasteiger charge is -2.05. The van der Waals surface area contributed by atoms with Crippen molar-refractivity contribution in [3.63, 3.8) is 0 Å². The van der Waals surface area contributed by atoms with Gasteiger partial charge in [-0.05, 0) is 6.42 Å². The van der Waals surface area contributed by atoms with Crippen LogP contribution in [0.3, 0.4) is 0 Å². The molecule has 0 aromatic heterocycles. The summed E-state index contributed by atoms with van der Waals surface area (Å²) in [6, 6.07) is 0. The summed E-state index contributed by atoms with van der Waals surface area (Å²) in [6.07, 6.45) is 8.66. The molecule has 0 atom stereocenters. The molecule has 0 aromatic carbocycles. The maximum Gasteiger partial charge on any atom is 0.0945 e. The van der Waals surface area contributed by atoms with E-state index in [1.165, 1.54) is 32.1 Å². The summed E-state index contributed by atoms with van der Waals surface area (Å²) in [5.41, 5.74) is 0. The van der Waals surface area contributed by atoms with Gasteiger partial charge in [0.25, 0.3) is 0 Å². The lowest BCUT2D eigenvalue weighted by Crippen LogP contribution is -2.03. The van der Waals surface area contributed by atoms with Crippen LogP contribution in [0, 0.1) is 0 Å². The third-order valence-electron chi connectivity index (χ3n) is 2.25. The van der Waals surface area contributed by atoms with Gasteiger partial charge in [0.05, 0.1) is 10.1 Å². The van der Waals surface area contributed by atoms with E-state index < -0.39 is 10.1 Å². The number of hydrogen-bond donors (Lipinski definition) is 1. The molecule has 0 aliphatic heterocycles. The van der Waals surface area contributed by atoms with Crippen molar-refractivity contribution in [2.24, 2.45) is 0 Å². The number of rotatable bonds is 9. The Labute approximate surface area is 93.8 Å². The molecule has 0 saturated carbocycles. The Balaban J connectivity index is 0. The second-order valence-electron chi connectivity index (χ2n) is 3.74. The van der Waals surface area contributed by atoms with Crippen LogP contribution in [0.2, 0.25) is 0 Å². The summed E-state index contributed by atoms with van der Waals surface area (Å²) < 4.78 is 30.7. The summed E-state index contributed by atoms with van der Waals surface area (Å²) in [6.45, 7) is 2.18. The molecule has 0 fully saturated rings. The zero-order valence-corrected chi connectivity index (χ0v) is 10.8. The van der Waals surface area contributed by atoms with Crippen LogP contribution in [0.25, 0.3) is 0 Å².